The minimum absolute atomic E-state index is 0.362. The zero-order chi connectivity index (χ0) is 18.4. The molecule has 5 rings (SSSR count). The molecule has 1 aliphatic rings. The summed E-state index contributed by atoms with van der Waals surface area (Å²) in [6.07, 6.45) is 5.54. The number of hydrogen-bond acceptors (Lipinski definition) is 5. The van der Waals surface area contributed by atoms with Crippen molar-refractivity contribution in [3.05, 3.63) is 48.0 Å². The molecular formula is C20H18N6O. The summed E-state index contributed by atoms with van der Waals surface area (Å²) >= 11 is 0. The minimum Gasteiger partial charge on any atom is -0.381 e. The Morgan fingerprint density at radius 1 is 1.19 bits per heavy atom. The molecule has 0 radical (unpaired) electrons. The third-order valence-corrected chi connectivity index (χ3v) is 5.20. The van der Waals surface area contributed by atoms with E-state index < -0.39 is 0 Å². The largest absolute Gasteiger partial charge is 0.381 e. The highest BCUT2D eigenvalue weighted by molar-refractivity contribution is 5.83. The Morgan fingerprint density at radius 3 is 2.85 bits per heavy atom. The molecule has 4 aromatic rings. The highest BCUT2D eigenvalue weighted by Gasteiger charge is 2.21. The van der Waals surface area contributed by atoms with Crippen molar-refractivity contribution in [2.75, 3.05) is 13.2 Å². The van der Waals surface area contributed by atoms with Gasteiger partial charge in [-0.05, 0) is 44.0 Å². The van der Waals surface area contributed by atoms with E-state index in [0.29, 0.717) is 11.6 Å². The first-order chi connectivity index (χ1) is 13.2. The zero-order valence-electron chi connectivity index (χ0n) is 15.0. The smallest absolute Gasteiger partial charge is 0.160 e. The molecule has 4 aromatic heterocycles. The Labute approximate surface area is 155 Å². The average Bonchev–Trinajstić information content (AvgIpc) is 3.27. The maximum atomic E-state index is 9.20. The molecule has 0 amide bonds. The quantitative estimate of drug-likeness (QED) is 0.549. The highest BCUT2D eigenvalue weighted by Crippen LogP contribution is 2.30. The molecule has 0 unspecified atom stereocenters. The molecule has 7 nitrogen and oxygen atoms in total. The van der Waals surface area contributed by atoms with Gasteiger partial charge in [-0.1, -0.05) is 0 Å². The average molecular weight is 358 g/mol. The Hall–Kier alpha value is -3.24. The number of nitrogens with zero attached hydrogens (tertiary/aromatic N) is 6. The molecule has 27 heavy (non-hydrogen) atoms. The summed E-state index contributed by atoms with van der Waals surface area (Å²) in [6.45, 7) is 3.58. The fraction of sp³-hybridized carbons (Fsp3) is 0.300. The lowest BCUT2D eigenvalue weighted by molar-refractivity contribution is 0.0699. The molecule has 5 heterocycles. The second kappa shape index (κ2) is 6.18. The SMILES string of the molecule is Cc1nc2ccc(-c3cnn4ccc(C#N)cc34)nc2n1C1CCOCC1. The van der Waals surface area contributed by atoms with Crippen LogP contribution in [0.3, 0.4) is 0 Å². The van der Waals surface area contributed by atoms with Crippen LogP contribution in [0.2, 0.25) is 0 Å². The fourth-order valence-electron chi connectivity index (χ4n) is 3.87. The van der Waals surface area contributed by atoms with Gasteiger partial charge in [-0.15, -0.1) is 0 Å². The number of imidazole rings is 1. The number of aryl methyl sites for hydroxylation is 1. The van der Waals surface area contributed by atoms with Crippen LogP contribution in [0.5, 0.6) is 0 Å². The van der Waals surface area contributed by atoms with Gasteiger partial charge >= 0.3 is 0 Å². The van der Waals surface area contributed by atoms with E-state index in [1.54, 1.807) is 23.0 Å². The van der Waals surface area contributed by atoms with Gasteiger partial charge < -0.3 is 9.30 Å². The van der Waals surface area contributed by atoms with Gasteiger partial charge in [0.15, 0.2) is 5.65 Å². The molecule has 0 saturated carbocycles. The normalized spacial score (nSPS) is 15.4. The number of aromatic nitrogens is 5. The first kappa shape index (κ1) is 16.0. The van der Waals surface area contributed by atoms with E-state index in [2.05, 4.69) is 15.7 Å². The van der Waals surface area contributed by atoms with Gasteiger partial charge in [0.2, 0.25) is 0 Å². The van der Waals surface area contributed by atoms with Crippen molar-refractivity contribution < 1.29 is 4.74 Å². The molecule has 1 aliphatic heterocycles. The molecule has 0 spiro atoms. The molecular weight excluding hydrogens is 340 g/mol. The topological polar surface area (TPSA) is 81.0 Å². The summed E-state index contributed by atoms with van der Waals surface area (Å²) in [5, 5.41) is 13.6. The van der Waals surface area contributed by atoms with Crippen molar-refractivity contribution in [1.29, 1.82) is 5.26 Å². The number of nitriles is 1. The number of hydrogen-bond donors (Lipinski definition) is 0. The van der Waals surface area contributed by atoms with Crippen LogP contribution in [-0.4, -0.2) is 37.4 Å². The van der Waals surface area contributed by atoms with Crippen molar-refractivity contribution in [3.8, 4) is 17.3 Å². The fourth-order valence-corrected chi connectivity index (χ4v) is 3.87. The molecule has 0 aliphatic carbocycles. The van der Waals surface area contributed by atoms with E-state index in [-0.39, 0.29) is 0 Å². The van der Waals surface area contributed by atoms with E-state index >= 15 is 0 Å². The highest BCUT2D eigenvalue weighted by atomic mass is 16.5. The van der Waals surface area contributed by atoms with Crippen LogP contribution in [0.1, 0.15) is 30.3 Å². The van der Waals surface area contributed by atoms with E-state index in [1.807, 2.05) is 25.1 Å². The van der Waals surface area contributed by atoms with Gasteiger partial charge in [0.25, 0.3) is 0 Å². The number of pyridine rings is 2. The maximum absolute atomic E-state index is 9.20. The van der Waals surface area contributed by atoms with Crippen molar-refractivity contribution >= 4 is 16.7 Å². The van der Waals surface area contributed by atoms with Crippen LogP contribution in [0, 0.1) is 18.3 Å². The van der Waals surface area contributed by atoms with E-state index in [0.717, 1.165) is 59.8 Å². The van der Waals surface area contributed by atoms with Gasteiger partial charge in [0, 0.05) is 31.0 Å². The van der Waals surface area contributed by atoms with Crippen LogP contribution in [0.25, 0.3) is 27.9 Å². The van der Waals surface area contributed by atoms with Crippen molar-refractivity contribution in [1.82, 2.24) is 24.1 Å². The molecule has 1 fully saturated rings. The van der Waals surface area contributed by atoms with Crippen molar-refractivity contribution in [2.45, 2.75) is 25.8 Å². The number of fused-ring (bicyclic) bond motifs is 2. The van der Waals surface area contributed by atoms with Gasteiger partial charge in [0.05, 0.1) is 29.0 Å². The van der Waals surface area contributed by atoms with E-state index in [4.69, 9.17) is 14.7 Å². The van der Waals surface area contributed by atoms with Crippen LogP contribution >= 0.6 is 0 Å². The summed E-state index contributed by atoms with van der Waals surface area (Å²) in [5.74, 6) is 0.980. The van der Waals surface area contributed by atoms with Gasteiger partial charge in [-0.2, -0.15) is 10.4 Å². The number of ether oxygens (including phenoxy) is 1. The summed E-state index contributed by atoms with van der Waals surface area (Å²) in [6, 6.07) is 10.1. The van der Waals surface area contributed by atoms with Crippen molar-refractivity contribution in [3.63, 3.8) is 0 Å². The molecule has 0 bridgehead atoms. The lowest BCUT2D eigenvalue weighted by Crippen LogP contribution is -2.20. The van der Waals surface area contributed by atoms with Gasteiger partial charge in [0.1, 0.15) is 11.3 Å². The standard InChI is InChI=1S/C20H18N6O/c1-13-23-18-3-2-17(24-20(18)26(13)15-5-8-27-9-6-15)16-12-22-25-7-4-14(11-21)10-19(16)25/h2-4,7,10,12,15H,5-6,8-9H2,1H3. The summed E-state index contributed by atoms with van der Waals surface area (Å²) in [5.41, 5.74) is 5.01. The summed E-state index contributed by atoms with van der Waals surface area (Å²) in [4.78, 5) is 9.64. The third-order valence-electron chi connectivity index (χ3n) is 5.20. The zero-order valence-corrected chi connectivity index (χ0v) is 15.0. The third kappa shape index (κ3) is 2.57. The Morgan fingerprint density at radius 2 is 2.04 bits per heavy atom. The van der Waals surface area contributed by atoms with Crippen LogP contribution in [0.15, 0.2) is 36.7 Å². The Kier molecular flexibility index (Phi) is 3.66. The second-order valence-electron chi connectivity index (χ2n) is 6.83. The molecule has 0 atom stereocenters. The molecule has 0 N–H and O–H groups in total. The van der Waals surface area contributed by atoms with Crippen molar-refractivity contribution in [2.24, 2.45) is 0 Å². The molecule has 134 valence electrons. The molecule has 7 heteroatoms. The lowest BCUT2D eigenvalue weighted by atomic mass is 10.1. The monoisotopic (exact) mass is 358 g/mol. The van der Waals surface area contributed by atoms with Crippen LogP contribution in [0.4, 0.5) is 0 Å². The first-order valence-electron chi connectivity index (χ1n) is 9.06. The predicted molar refractivity (Wildman–Crippen MR) is 100 cm³/mol. The Bertz CT molecular complexity index is 1190. The number of rotatable bonds is 2. The minimum atomic E-state index is 0.362. The van der Waals surface area contributed by atoms with Crippen LogP contribution < -0.4 is 0 Å². The maximum Gasteiger partial charge on any atom is 0.160 e. The van der Waals surface area contributed by atoms with Gasteiger partial charge in [-0.25, -0.2) is 14.5 Å². The van der Waals surface area contributed by atoms with Crippen LogP contribution in [-0.2, 0) is 4.74 Å². The second-order valence-corrected chi connectivity index (χ2v) is 6.83. The summed E-state index contributed by atoms with van der Waals surface area (Å²) in [7, 11) is 0. The lowest BCUT2D eigenvalue weighted by Gasteiger charge is -2.24. The Balaban J connectivity index is 1.68. The van der Waals surface area contributed by atoms with E-state index in [9.17, 15) is 5.26 Å². The molecule has 1 saturated heterocycles. The van der Waals surface area contributed by atoms with Gasteiger partial charge in [-0.3, -0.25) is 0 Å². The summed E-state index contributed by atoms with van der Waals surface area (Å²) < 4.78 is 9.52. The first-order valence-corrected chi connectivity index (χ1v) is 9.06. The molecule has 0 aromatic carbocycles. The van der Waals surface area contributed by atoms with E-state index in [1.165, 1.54) is 0 Å². The predicted octanol–water partition coefficient (Wildman–Crippen LogP) is 3.28.